The molecular weight excluding hydrogens is 496 g/mol. The lowest BCUT2D eigenvalue weighted by Gasteiger charge is -2.32. The Bertz CT molecular complexity index is 838. The van der Waals surface area contributed by atoms with E-state index < -0.39 is 47.1 Å². The smallest absolute Gasteiger partial charge is 0.612 e. The second kappa shape index (κ2) is 10.8. The molecule has 0 saturated heterocycles. The number of hydrogen-bond acceptors (Lipinski definition) is 2. The zero-order chi connectivity index (χ0) is 26.1. The van der Waals surface area contributed by atoms with Crippen LogP contribution in [0.15, 0.2) is 36.4 Å². The molecule has 0 aromatic heterocycles. The van der Waals surface area contributed by atoms with E-state index in [0.29, 0.717) is 0 Å². The number of rotatable bonds is 10. The van der Waals surface area contributed by atoms with Crippen LogP contribution >= 0.6 is 0 Å². The van der Waals surface area contributed by atoms with E-state index >= 15 is 0 Å². The largest absolute Gasteiger partial charge is 0.856 e. The highest BCUT2D eigenvalue weighted by molar-refractivity contribution is 6.94. The lowest BCUT2D eigenvalue weighted by atomic mass is 10.3. The second-order valence-corrected chi connectivity index (χ2v) is 35.9. The van der Waals surface area contributed by atoms with Gasteiger partial charge < -0.3 is 7.58 Å². The summed E-state index contributed by atoms with van der Waals surface area (Å²) in [7, 11) is -6.30. The van der Waals surface area contributed by atoms with Crippen molar-refractivity contribution in [1.82, 2.24) is 0 Å². The predicted octanol–water partition coefficient (Wildman–Crippen LogP) is 6.22. The van der Waals surface area contributed by atoms with E-state index in [1.54, 1.807) is 0 Å². The van der Waals surface area contributed by atoms with Crippen molar-refractivity contribution < 1.29 is 7.58 Å². The summed E-state index contributed by atoms with van der Waals surface area (Å²) in [6.07, 6.45) is 1.09. The Morgan fingerprint density at radius 2 is 0.794 bits per heavy atom. The summed E-state index contributed by atoms with van der Waals surface area (Å²) < 4.78 is 14.3. The van der Waals surface area contributed by atoms with Crippen molar-refractivity contribution in [2.45, 2.75) is 97.2 Å². The van der Waals surface area contributed by atoms with E-state index in [0.717, 1.165) is 11.7 Å². The Kier molecular flexibility index (Phi) is 9.44. The van der Waals surface area contributed by atoms with Gasteiger partial charge in [-0.05, 0) is 26.0 Å². The molecule has 0 aliphatic heterocycles. The molecule has 2 rings (SSSR count). The molecule has 0 heterocycles. The Morgan fingerprint density at radius 3 is 1.00 bits per heavy atom. The normalized spacial score (nSPS) is 13.1. The molecule has 7 heteroatoms. The first-order valence-electron chi connectivity index (χ1n) is 13.0. The first-order chi connectivity index (χ1) is 15.4. The zero-order valence-corrected chi connectivity index (χ0v) is 29.4. The highest BCUT2D eigenvalue weighted by Crippen LogP contribution is 2.22. The van der Waals surface area contributed by atoms with Crippen LogP contribution in [0.3, 0.4) is 0 Å². The minimum atomic E-state index is -2.00. The van der Waals surface area contributed by atoms with Gasteiger partial charge in [0, 0.05) is 0 Å². The molecule has 2 nitrogen and oxygen atoms in total. The summed E-state index contributed by atoms with van der Waals surface area (Å²) in [4.78, 5) is 0. The summed E-state index contributed by atoms with van der Waals surface area (Å²) in [6.45, 7) is 31.5. The summed E-state index contributed by atoms with van der Waals surface area (Å²) in [5.74, 6) is 2.37. The molecule has 0 spiro atoms. The lowest BCUT2D eigenvalue weighted by Crippen LogP contribution is -2.51. The van der Waals surface area contributed by atoms with E-state index in [1.807, 2.05) is 0 Å². The van der Waals surface area contributed by atoms with E-state index in [9.17, 15) is 0 Å². The Labute approximate surface area is 219 Å². The van der Waals surface area contributed by atoms with Gasteiger partial charge in [0.25, 0.3) is 0 Å². The second-order valence-electron chi connectivity index (χ2n) is 13.8. The zero-order valence-electron chi connectivity index (χ0n) is 24.3. The van der Waals surface area contributed by atoms with E-state index in [4.69, 9.17) is 7.58 Å². The fourth-order valence-corrected chi connectivity index (χ4v) is 12.7. The van der Waals surface area contributed by atoms with Gasteiger partial charge in [-0.2, -0.15) is 0 Å². The van der Waals surface area contributed by atoms with Crippen LogP contribution in [0.4, 0.5) is 0 Å². The molecule has 34 heavy (non-hydrogen) atoms. The maximum atomic E-state index is 7.13. The average Bonchev–Trinajstić information content (AvgIpc) is 2.65. The van der Waals surface area contributed by atoms with Gasteiger partial charge in [0.1, 0.15) is 0 Å². The SMILES string of the molecule is CC[CH2][Al]([O]c1c([Si](C)(C)C)cccc1[Si](C)(C)C)[O]c1c([Si](C)(C)C)cccc1[Si](C)(C)C. The molecule has 0 atom stereocenters. The minimum absolute atomic E-state index is 1.02. The van der Waals surface area contributed by atoms with Gasteiger partial charge >= 0.3 is 14.8 Å². The summed E-state index contributed by atoms with van der Waals surface area (Å²) in [6, 6.07) is 13.8. The quantitative estimate of drug-likeness (QED) is 0.330. The lowest BCUT2D eigenvalue weighted by molar-refractivity contribution is 0.426. The maximum absolute atomic E-state index is 7.13. The fraction of sp³-hybridized carbons (Fsp3) is 0.556. The average molecular weight is 545 g/mol. The molecule has 0 saturated carbocycles. The standard InChI is InChI=1S/2C12H22OSi2.C3H7.Al/c2*1-14(2,3)10-8-7-9-11(12(10)13)15(4,5)6;1-3-2;/h2*7-9,13H,1-6H3;1,3H2,2H3;/q;;;+2/p-2. The molecular formula is C27H49AlO2Si4. The van der Waals surface area contributed by atoms with Gasteiger partial charge in [-0.15, -0.1) is 0 Å². The maximum Gasteiger partial charge on any atom is 0.856 e. The van der Waals surface area contributed by atoms with E-state index in [-0.39, 0.29) is 0 Å². The third-order valence-electron chi connectivity index (χ3n) is 6.29. The van der Waals surface area contributed by atoms with Crippen molar-refractivity contribution in [3.8, 4) is 11.5 Å². The Hall–Kier alpha value is -0.560. The van der Waals surface area contributed by atoms with Gasteiger partial charge in [0.2, 0.25) is 0 Å². The number of para-hydroxylation sites is 2. The molecule has 0 amide bonds. The number of benzene rings is 2. The molecule has 0 bridgehead atoms. The van der Waals surface area contributed by atoms with Crippen molar-refractivity contribution >= 4 is 67.9 Å². The third-order valence-corrected chi connectivity index (χ3v) is 16.4. The van der Waals surface area contributed by atoms with Gasteiger partial charge in [0.05, 0.1) is 43.8 Å². The van der Waals surface area contributed by atoms with E-state index in [1.165, 1.54) is 32.2 Å². The van der Waals surface area contributed by atoms with Crippen LogP contribution in [-0.4, -0.2) is 47.1 Å². The first-order valence-corrected chi connectivity index (χ1v) is 28.7. The summed E-state index contributed by atoms with van der Waals surface area (Å²) >= 11 is -2.00. The molecule has 0 radical (unpaired) electrons. The molecule has 0 fully saturated rings. The van der Waals surface area contributed by atoms with Crippen LogP contribution in [0, 0.1) is 0 Å². The van der Waals surface area contributed by atoms with Crippen molar-refractivity contribution in [2.75, 3.05) is 0 Å². The summed E-state index contributed by atoms with van der Waals surface area (Å²) in [5, 5.41) is 6.83. The van der Waals surface area contributed by atoms with Crippen LogP contribution in [0.1, 0.15) is 13.3 Å². The van der Waals surface area contributed by atoms with Crippen molar-refractivity contribution in [3.05, 3.63) is 36.4 Å². The Balaban J connectivity index is 2.67. The first kappa shape index (κ1) is 29.7. The van der Waals surface area contributed by atoms with Gasteiger partial charge in [-0.3, -0.25) is 0 Å². The van der Waals surface area contributed by atoms with E-state index in [2.05, 4.69) is 122 Å². The molecule has 188 valence electrons. The van der Waals surface area contributed by atoms with Crippen LogP contribution in [0.25, 0.3) is 0 Å². The molecule has 0 unspecified atom stereocenters. The fourth-order valence-electron chi connectivity index (χ4n) is 4.33. The van der Waals surface area contributed by atoms with Gasteiger partial charge in [-0.25, -0.2) is 0 Å². The van der Waals surface area contributed by atoms with Crippen molar-refractivity contribution in [2.24, 2.45) is 0 Å². The van der Waals surface area contributed by atoms with Gasteiger partial charge in [0.15, 0.2) is 0 Å². The van der Waals surface area contributed by atoms with Crippen LogP contribution in [0.2, 0.25) is 83.8 Å². The van der Waals surface area contributed by atoms with Crippen LogP contribution < -0.4 is 28.3 Å². The molecule has 2 aromatic carbocycles. The molecule has 0 N–H and O–H groups in total. The molecule has 2 aromatic rings. The van der Waals surface area contributed by atoms with Crippen LogP contribution in [0.5, 0.6) is 11.5 Å². The van der Waals surface area contributed by atoms with Crippen LogP contribution in [-0.2, 0) is 0 Å². The number of hydrogen-bond donors (Lipinski definition) is 0. The minimum Gasteiger partial charge on any atom is -0.612 e. The van der Waals surface area contributed by atoms with Crippen molar-refractivity contribution in [3.63, 3.8) is 0 Å². The monoisotopic (exact) mass is 544 g/mol. The third kappa shape index (κ3) is 7.47. The van der Waals surface area contributed by atoms with Crippen molar-refractivity contribution in [1.29, 1.82) is 0 Å². The topological polar surface area (TPSA) is 18.5 Å². The highest BCUT2D eigenvalue weighted by Gasteiger charge is 2.39. The van der Waals surface area contributed by atoms with Gasteiger partial charge in [-0.1, -0.05) is 128 Å². The highest BCUT2D eigenvalue weighted by atomic mass is 28.3. The molecule has 0 aliphatic carbocycles. The predicted molar refractivity (Wildman–Crippen MR) is 167 cm³/mol. The Morgan fingerprint density at radius 1 is 0.529 bits per heavy atom. The molecule has 0 aliphatic rings. The summed E-state index contributed by atoms with van der Waals surface area (Å²) in [5.41, 5.74) is 0.